The van der Waals surface area contributed by atoms with E-state index in [1.54, 1.807) is 12.5 Å². The van der Waals surface area contributed by atoms with E-state index in [-0.39, 0.29) is 5.91 Å². The van der Waals surface area contributed by atoms with Gasteiger partial charge in [0.2, 0.25) is 5.91 Å². The Morgan fingerprint density at radius 3 is 2.96 bits per heavy atom. The molecule has 2 fully saturated rings. The SMILES string of the molecule is O=C1NCC(O)CC12CN(c1nc3ccccc3n3cncc13)C2. The van der Waals surface area contributed by atoms with Crippen LogP contribution in [0.5, 0.6) is 0 Å². The molecule has 2 aliphatic rings. The normalized spacial score (nSPS) is 22.8. The molecule has 1 amide bonds. The number of imidazole rings is 1. The minimum atomic E-state index is -0.498. The molecule has 0 bridgehead atoms. The van der Waals surface area contributed by atoms with Crippen molar-refractivity contribution >= 4 is 28.3 Å². The van der Waals surface area contributed by atoms with Crippen molar-refractivity contribution in [2.75, 3.05) is 24.5 Å². The zero-order valence-electron chi connectivity index (χ0n) is 13.0. The fourth-order valence-electron chi connectivity index (χ4n) is 3.94. The number of anilines is 1. The van der Waals surface area contributed by atoms with Gasteiger partial charge in [-0.05, 0) is 18.6 Å². The number of nitrogens with one attached hydrogen (secondary N) is 1. The van der Waals surface area contributed by atoms with Gasteiger partial charge in [0.15, 0.2) is 5.82 Å². The first-order valence-electron chi connectivity index (χ1n) is 8.08. The van der Waals surface area contributed by atoms with Crippen LogP contribution in [0.1, 0.15) is 6.42 Å². The van der Waals surface area contributed by atoms with Crippen molar-refractivity contribution in [3.05, 3.63) is 36.8 Å². The minimum absolute atomic E-state index is 0.0365. The molecular formula is C17H17N5O2. The lowest BCUT2D eigenvalue weighted by Gasteiger charge is -2.52. The Balaban J connectivity index is 1.56. The smallest absolute Gasteiger partial charge is 0.230 e. The van der Waals surface area contributed by atoms with Gasteiger partial charge in [-0.1, -0.05) is 12.1 Å². The van der Waals surface area contributed by atoms with Crippen LogP contribution in [0.2, 0.25) is 0 Å². The van der Waals surface area contributed by atoms with Gasteiger partial charge in [-0.3, -0.25) is 9.20 Å². The molecule has 24 heavy (non-hydrogen) atoms. The quantitative estimate of drug-likeness (QED) is 0.684. The monoisotopic (exact) mass is 323 g/mol. The van der Waals surface area contributed by atoms with Crippen molar-refractivity contribution in [1.29, 1.82) is 0 Å². The molecule has 2 N–H and O–H groups in total. The van der Waals surface area contributed by atoms with Crippen molar-refractivity contribution < 1.29 is 9.90 Å². The number of aromatic nitrogens is 3. The van der Waals surface area contributed by atoms with Gasteiger partial charge in [0.05, 0.1) is 35.1 Å². The summed E-state index contributed by atoms with van der Waals surface area (Å²) in [7, 11) is 0. The molecule has 2 aliphatic heterocycles. The number of aliphatic hydroxyl groups is 1. The molecule has 0 aliphatic carbocycles. The maximum Gasteiger partial charge on any atom is 0.230 e. The Kier molecular flexibility index (Phi) is 2.67. The molecule has 4 heterocycles. The topological polar surface area (TPSA) is 82.8 Å². The Bertz CT molecular complexity index is 960. The third-order valence-corrected chi connectivity index (χ3v) is 5.13. The van der Waals surface area contributed by atoms with E-state index in [0.717, 1.165) is 22.4 Å². The zero-order chi connectivity index (χ0) is 16.3. The van der Waals surface area contributed by atoms with Gasteiger partial charge >= 0.3 is 0 Å². The summed E-state index contributed by atoms with van der Waals surface area (Å²) in [4.78, 5) is 23.4. The summed E-state index contributed by atoms with van der Waals surface area (Å²) in [6.07, 6.45) is 3.63. The number of piperidine rings is 1. The van der Waals surface area contributed by atoms with Crippen LogP contribution >= 0.6 is 0 Å². The lowest BCUT2D eigenvalue weighted by atomic mass is 9.72. The van der Waals surface area contributed by atoms with Crippen LogP contribution in [-0.2, 0) is 4.79 Å². The maximum absolute atomic E-state index is 12.3. The number of nitrogens with zero attached hydrogens (tertiary/aromatic N) is 4. The fourth-order valence-corrected chi connectivity index (χ4v) is 3.94. The number of benzene rings is 1. The van der Waals surface area contributed by atoms with Crippen LogP contribution in [-0.4, -0.2) is 51.1 Å². The van der Waals surface area contributed by atoms with Gasteiger partial charge < -0.3 is 15.3 Å². The highest BCUT2D eigenvalue weighted by atomic mass is 16.3. The van der Waals surface area contributed by atoms with Gasteiger partial charge in [0.25, 0.3) is 0 Å². The van der Waals surface area contributed by atoms with Gasteiger partial charge in [-0.25, -0.2) is 9.97 Å². The van der Waals surface area contributed by atoms with E-state index < -0.39 is 11.5 Å². The zero-order valence-corrected chi connectivity index (χ0v) is 13.0. The maximum atomic E-state index is 12.3. The van der Waals surface area contributed by atoms with E-state index >= 15 is 0 Å². The van der Waals surface area contributed by atoms with E-state index in [1.807, 2.05) is 28.7 Å². The molecule has 1 aromatic carbocycles. The predicted octanol–water partition coefficient (Wildman–Crippen LogP) is 0.570. The third kappa shape index (κ3) is 1.78. The molecule has 5 rings (SSSR count). The van der Waals surface area contributed by atoms with Gasteiger partial charge in [-0.15, -0.1) is 0 Å². The summed E-state index contributed by atoms with van der Waals surface area (Å²) < 4.78 is 2.03. The highest BCUT2D eigenvalue weighted by Gasteiger charge is 2.53. The largest absolute Gasteiger partial charge is 0.391 e. The van der Waals surface area contributed by atoms with Crippen molar-refractivity contribution in [3.63, 3.8) is 0 Å². The summed E-state index contributed by atoms with van der Waals surface area (Å²) >= 11 is 0. The predicted molar refractivity (Wildman–Crippen MR) is 88.8 cm³/mol. The molecule has 7 heteroatoms. The van der Waals surface area contributed by atoms with Crippen molar-refractivity contribution in [1.82, 2.24) is 19.7 Å². The number of rotatable bonds is 1. The minimum Gasteiger partial charge on any atom is -0.391 e. The van der Waals surface area contributed by atoms with E-state index in [2.05, 4.69) is 15.2 Å². The summed E-state index contributed by atoms with van der Waals surface area (Å²) in [6, 6.07) is 7.94. The number of aliphatic hydroxyl groups excluding tert-OH is 1. The highest BCUT2D eigenvalue weighted by Crippen LogP contribution is 2.41. The highest BCUT2D eigenvalue weighted by molar-refractivity contribution is 5.89. The molecule has 2 aromatic heterocycles. The number of β-amino-alcohol motifs (C(OH)–C–C–N with tert-alkyl or cyclic N) is 1. The molecular weight excluding hydrogens is 306 g/mol. The Hall–Kier alpha value is -2.67. The van der Waals surface area contributed by atoms with Crippen molar-refractivity contribution in [3.8, 4) is 0 Å². The molecule has 122 valence electrons. The van der Waals surface area contributed by atoms with Crippen LogP contribution in [0.25, 0.3) is 16.6 Å². The lowest BCUT2D eigenvalue weighted by Crippen LogP contribution is -2.68. The van der Waals surface area contributed by atoms with Crippen LogP contribution in [0.15, 0.2) is 36.8 Å². The molecule has 1 unspecified atom stereocenters. The number of hydrogen-bond donors (Lipinski definition) is 2. The number of carbonyl (C=O) groups is 1. The molecule has 1 atom stereocenters. The molecule has 0 saturated carbocycles. The van der Waals surface area contributed by atoms with Crippen LogP contribution < -0.4 is 10.2 Å². The first kappa shape index (κ1) is 13.7. The van der Waals surface area contributed by atoms with E-state index in [4.69, 9.17) is 4.98 Å². The first-order valence-corrected chi connectivity index (χ1v) is 8.08. The lowest BCUT2D eigenvalue weighted by molar-refractivity contribution is -0.139. The fraction of sp³-hybridized carbons (Fsp3) is 0.353. The second-order valence-corrected chi connectivity index (χ2v) is 6.78. The first-order chi connectivity index (χ1) is 11.7. The number of carbonyl (C=O) groups excluding carboxylic acids is 1. The van der Waals surface area contributed by atoms with Gasteiger partial charge in [-0.2, -0.15) is 0 Å². The Morgan fingerprint density at radius 1 is 1.25 bits per heavy atom. The molecule has 0 radical (unpaired) electrons. The number of fused-ring (bicyclic) bond motifs is 3. The average Bonchev–Trinajstić information content (AvgIpc) is 3.04. The van der Waals surface area contributed by atoms with E-state index in [1.165, 1.54) is 0 Å². The summed E-state index contributed by atoms with van der Waals surface area (Å²) in [6.45, 7) is 1.49. The second-order valence-electron chi connectivity index (χ2n) is 6.78. The second kappa shape index (κ2) is 4.67. The van der Waals surface area contributed by atoms with Gasteiger partial charge in [0, 0.05) is 19.6 Å². The van der Waals surface area contributed by atoms with Crippen molar-refractivity contribution in [2.45, 2.75) is 12.5 Å². The average molecular weight is 323 g/mol. The standard InChI is InChI=1S/C17H17N5O2/c23-11-5-17(16(24)19-6-11)8-21(9-17)15-14-7-18-10-22(14)13-4-2-1-3-12(13)20-15/h1-4,7,10-11,23H,5-6,8-9H2,(H,19,24). The number of amides is 1. The van der Waals surface area contributed by atoms with Crippen LogP contribution in [0.4, 0.5) is 5.82 Å². The summed E-state index contributed by atoms with van der Waals surface area (Å²) in [5.41, 5.74) is 2.34. The molecule has 2 saturated heterocycles. The van der Waals surface area contributed by atoms with Crippen LogP contribution in [0, 0.1) is 5.41 Å². The molecule has 7 nitrogen and oxygen atoms in total. The Labute approximate surface area is 137 Å². The third-order valence-electron chi connectivity index (χ3n) is 5.13. The molecule has 3 aromatic rings. The van der Waals surface area contributed by atoms with Gasteiger partial charge in [0.1, 0.15) is 5.52 Å². The van der Waals surface area contributed by atoms with E-state index in [9.17, 15) is 9.90 Å². The number of para-hydroxylation sites is 2. The summed E-state index contributed by atoms with van der Waals surface area (Å²) in [5.74, 6) is 0.874. The molecule has 1 spiro atoms. The summed E-state index contributed by atoms with van der Waals surface area (Å²) in [5, 5.41) is 12.7. The van der Waals surface area contributed by atoms with Crippen LogP contribution in [0.3, 0.4) is 0 Å². The number of hydrogen-bond acceptors (Lipinski definition) is 5. The Morgan fingerprint density at radius 2 is 2.08 bits per heavy atom. The van der Waals surface area contributed by atoms with E-state index in [0.29, 0.717) is 26.1 Å². The van der Waals surface area contributed by atoms with Crippen molar-refractivity contribution in [2.24, 2.45) is 5.41 Å².